The number of imidazole rings is 1. The van der Waals surface area contributed by atoms with E-state index in [9.17, 15) is 4.79 Å². The van der Waals surface area contributed by atoms with Crippen LogP contribution in [0.15, 0.2) is 30.9 Å². The number of carbonyl (C=O) groups excluding carboxylic acids is 1. The predicted octanol–water partition coefficient (Wildman–Crippen LogP) is 0.953. The maximum Gasteiger partial charge on any atom is 0.338 e. The van der Waals surface area contributed by atoms with Gasteiger partial charge in [0, 0.05) is 37.4 Å². The summed E-state index contributed by atoms with van der Waals surface area (Å²) < 4.78 is 12.1. The normalized spacial score (nSPS) is 20.0. The van der Waals surface area contributed by atoms with Crippen LogP contribution in [0.3, 0.4) is 0 Å². The highest BCUT2D eigenvalue weighted by molar-refractivity contribution is 5.94. The summed E-state index contributed by atoms with van der Waals surface area (Å²) >= 11 is 0. The third kappa shape index (κ3) is 3.99. The summed E-state index contributed by atoms with van der Waals surface area (Å²) in [5.74, 6) is 0.324. The van der Waals surface area contributed by atoms with Crippen LogP contribution in [0.5, 0.6) is 5.88 Å². The molecule has 1 saturated heterocycles. The summed E-state index contributed by atoms with van der Waals surface area (Å²) in [6, 6.07) is 5.84. The number of ether oxygens (including phenoxy) is 2. The molecule has 34 heavy (non-hydrogen) atoms. The van der Waals surface area contributed by atoms with Crippen LogP contribution < -0.4 is 15.8 Å². The first-order valence-corrected chi connectivity index (χ1v) is 10.8. The van der Waals surface area contributed by atoms with Crippen LogP contribution in [0.2, 0.25) is 0 Å². The van der Waals surface area contributed by atoms with Gasteiger partial charge in [-0.25, -0.2) is 14.8 Å². The Bertz CT molecular complexity index is 1300. The van der Waals surface area contributed by atoms with Crippen molar-refractivity contribution in [3.05, 3.63) is 64.4 Å². The molecule has 2 atom stereocenters. The number of methoxy groups -OCH3 is 1. The molecule has 2 aliphatic rings. The zero-order valence-electron chi connectivity index (χ0n) is 18.9. The standard InChI is InChI=1S/C23H24N8O3/c1-13-16(3-4-17-18(13)11-34-22(17)32)19-9-30(10-20(25)28-19)7-15-8-31(12-27-15)23-26-6-14(5-24)21(29-23)33-2/h3-4,6,8,12,19-20,28H,7,9-11,25H2,1-2H3/t19-,20+/m0/s1. The van der Waals surface area contributed by atoms with Crippen molar-refractivity contribution >= 4 is 5.97 Å². The number of benzene rings is 1. The number of nitrogens with one attached hydrogen (secondary N) is 1. The molecule has 1 fully saturated rings. The molecule has 0 unspecified atom stereocenters. The second-order valence-electron chi connectivity index (χ2n) is 8.38. The second-order valence-corrected chi connectivity index (χ2v) is 8.38. The zero-order valence-corrected chi connectivity index (χ0v) is 18.9. The van der Waals surface area contributed by atoms with Crippen molar-refractivity contribution in [1.29, 1.82) is 5.26 Å². The average Bonchev–Trinajstić information content (AvgIpc) is 3.45. The lowest BCUT2D eigenvalue weighted by Gasteiger charge is -2.38. The highest BCUT2D eigenvalue weighted by atomic mass is 16.5. The van der Waals surface area contributed by atoms with E-state index in [2.05, 4.69) is 25.2 Å². The second kappa shape index (κ2) is 8.83. The lowest BCUT2D eigenvalue weighted by Crippen LogP contribution is -2.56. The summed E-state index contributed by atoms with van der Waals surface area (Å²) in [4.78, 5) is 27.1. The van der Waals surface area contributed by atoms with Crippen molar-refractivity contribution in [2.75, 3.05) is 20.2 Å². The molecule has 0 aliphatic carbocycles. The monoisotopic (exact) mass is 460 g/mol. The lowest BCUT2D eigenvalue weighted by atomic mass is 9.93. The average molecular weight is 460 g/mol. The highest BCUT2D eigenvalue weighted by Crippen LogP contribution is 2.30. The number of nitrogens with zero attached hydrogens (tertiary/aromatic N) is 6. The van der Waals surface area contributed by atoms with Gasteiger partial charge >= 0.3 is 5.97 Å². The molecule has 11 nitrogen and oxygen atoms in total. The number of esters is 1. The van der Waals surface area contributed by atoms with Crippen LogP contribution in [-0.4, -0.2) is 56.8 Å². The van der Waals surface area contributed by atoms with E-state index >= 15 is 0 Å². The maximum atomic E-state index is 11.9. The molecule has 2 aromatic heterocycles. The Morgan fingerprint density at radius 3 is 3.00 bits per heavy atom. The number of cyclic esters (lactones) is 1. The minimum Gasteiger partial charge on any atom is -0.480 e. The van der Waals surface area contributed by atoms with E-state index in [-0.39, 0.29) is 29.6 Å². The van der Waals surface area contributed by atoms with E-state index in [0.717, 1.165) is 28.9 Å². The van der Waals surface area contributed by atoms with Gasteiger partial charge in [0.2, 0.25) is 11.8 Å². The summed E-state index contributed by atoms with van der Waals surface area (Å²) in [6.07, 6.45) is 4.71. The van der Waals surface area contributed by atoms with E-state index in [4.69, 9.17) is 20.5 Å². The van der Waals surface area contributed by atoms with Gasteiger partial charge in [0.25, 0.3) is 0 Å². The highest BCUT2D eigenvalue weighted by Gasteiger charge is 2.30. The Hall–Kier alpha value is -3.85. The van der Waals surface area contributed by atoms with Gasteiger partial charge < -0.3 is 15.2 Å². The topological polar surface area (TPSA) is 144 Å². The Morgan fingerprint density at radius 1 is 1.35 bits per heavy atom. The Labute approximate surface area is 196 Å². The maximum absolute atomic E-state index is 11.9. The minimum absolute atomic E-state index is 0.0120. The first-order chi connectivity index (χ1) is 16.5. The fourth-order valence-corrected chi connectivity index (χ4v) is 4.53. The van der Waals surface area contributed by atoms with Gasteiger partial charge in [0.05, 0.1) is 30.7 Å². The van der Waals surface area contributed by atoms with Gasteiger partial charge in [-0.3, -0.25) is 14.8 Å². The number of hydrogen-bond donors (Lipinski definition) is 2. The molecule has 0 saturated carbocycles. The molecule has 0 bridgehead atoms. The van der Waals surface area contributed by atoms with Crippen molar-refractivity contribution in [2.24, 2.45) is 5.73 Å². The zero-order chi connectivity index (χ0) is 23.8. The Balaban J connectivity index is 1.33. The summed E-state index contributed by atoms with van der Waals surface area (Å²) in [5.41, 5.74) is 11.2. The molecule has 1 aromatic carbocycles. The van der Waals surface area contributed by atoms with Gasteiger partial charge in [0.1, 0.15) is 24.6 Å². The van der Waals surface area contributed by atoms with Crippen molar-refractivity contribution in [1.82, 2.24) is 29.7 Å². The predicted molar refractivity (Wildman–Crippen MR) is 120 cm³/mol. The summed E-state index contributed by atoms with van der Waals surface area (Å²) in [5, 5.41) is 12.6. The van der Waals surface area contributed by atoms with Crippen molar-refractivity contribution < 1.29 is 14.3 Å². The number of aromatic nitrogens is 4. The third-order valence-corrected chi connectivity index (χ3v) is 6.20. The van der Waals surface area contributed by atoms with Crippen molar-refractivity contribution in [3.63, 3.8) is 0 Å². The molecule has 3 N–H and O–H groups in total. The van der Waals surface area contributed by atoms with E-state index < -0.39 is 0 Å². The molecule has 5 rings (SSSR count). The summed E-state index contributed by atoms with van der Waals surface area (Å²) in [7, 11) is 1.46. The minimum atomic E-state index is -0.265. The van der Waals surface area contributed by atoms with Crippen LogP contribution >= 0.6 is 0 Å². The van der Waals surface area contributed by atoms with Gasteiger partial charge in [-0.15, -0.1) is 0 Å². The van der Waals surface area contributed by atoms with Crippen molar-refractivity contribution in [2.45, 2.75) is 32.3 Å². The quantitative estimate of drug-likeness (QED) is 0.528. The van der Waals surface area contributed by atoms with E-state index in [1.807, 2.05) is 31.3 Å². The van der Waals surface area contributed by atoms with Crippen LogP contribution in [0, 0.1) is 18.3 Å². The molecule has 0 spiro atoms. The van der Waals surface area contributed by atoms with Gasteiger partial charge in [-0.05, 0) is 24.1 Å². The van der Waals surface area contributed by atoms with Crippen molar-refractivity contribution in [3.8, 4) is 17.9 Å². The van der Waals surface area contributed by atoms with E-state index in [1.165, 1.54) is 13.3 Å². The summed E-state index contributed by atoms with van der Waals surface area (Å²) in [6.45, 7) is 4.33. The van der Waals surface area contributed by atoms with E-state index in [0.29, 0.717) is 31.2 Å². The first-order valence-electron chi connectivity index (χ1n) is 10.8. The number of piperazine rings is 1. The molecule has 4 heterocycles. The fourth-order valence-electron chi connectivity index (χ4n) is 4.53. The van der Waals surface area contributed by atoms with Gasteiger partial charge in [-0.1, -0.05) is 6.07 Å². The fraction of sp³-hybridized carbons (Fsp3) is 0.348. The molecule has 3 aromatic rings. The molecule has 11 heteroatoms. The number of nitrogens with two attached hydrogens (primary N) is 1. The van der Waals surface area contributed by atoms with Crippen LogP contribution in [0.1, 0.15) is 44.3 Å². The Kier molecular flexibility index (Phi) is 5.70. The molecular weight excluding hydrogens is 436 g/mol. The number of nitriles is 1. The number of fused-ring (bicyclic) bond motifs is 1. The van der Waals surface area contributed by atoms with Crippen LogP contribution in [0.4, 0.5) is 0 Å². The molecule has 2 aliphatic heterocycles. The number of rotatable bonds is 5. The molecule has 0 amide bonds. The SMILES string of the molecule is COc1nc(-n2cnc(CN3C[C@@H](c4ccc5c(c4C)COC5=O)N[C@@H](N)C3)c2)ncc1C#N. The largest absolute Gasteiger partial charge is 0.480 e. The van der Waals surface area contributed by atoms with E-state index in [1.54, 1.807) is 10.9 Å². The van der Waals surface area contributed by atoms with Gasteiger partial charge in [0.15, 0.2) is 0 Å². The Morgan fingerprint density at radius 2 is 2.21 bits per heavy atom. The lowest BCUT2D eigenvalue weighted by molar-refractivity contribution is 0.0535. The smallest absolute Gasteiger partial charge is 0.338 e. The molecule has 174 valence electrons. The van der Waals surface area contributed by atoms with Gasteiger partial charge in [-0.2, -0.15) is 10.2 Å². The molecular formula is C23H24N8O3. The number of carbonyl (C=O) groups is 1. The number of hydrogen-bond acceptors (Lipinski definition) is 10. The van der Waals surface area contributed by atoms with Crippen LogP contribution in [0.25, 0.3) is 5.95 Å². The van der Waals surface area contributed by atoms with Crippen LogP contribution in [-0.2, 0) is 17.9 Å². The third-order valence-electron chi connectivity index (χ3n) is 6.20. The molecule has 0 radical (unpaired) electrons. The first kappa shape index (κ1) is 22.0.